The number of ketones is 1. The number of rotatable bonds is 3. The van der Waals surface area contributed by atoms with E-state index >= 15 is 0 Å². The Morgan fingerprint density at radius 3 is 2.70 bits per heavy atom. The molecule has 2 heterocycles. The highest BCUT2D eigenvalue weighted by Crippen LogP contribution is 2.25. The van der Waals surface area contributed by atoms with E-state index in [2.05, 4.69) is 6.92 Å². The van der Waals surface area contributed by atoms with Crippen LogP contribution in [0.5, 0.6) is 0 Å². The Morgan fingerprint density at radius 1 is 1.22 bits per heavy atom. The molecule has 1 fully saturated rings. The van der Waals surface area contributed by atoms with Crippen LogP contribution in [-0.4, -0.2) is 43.3 Å². The van der Waals surface area contributed by atoms with Crippen molar-refractivity contribution in [2.45, 2.75) is 83.2 Å². The molecule has 4 atom stereocenters. The number of Topliss-reactive ketones (excluding diaryl/α,β-unsaturated/α-hetero) is 1. The Hall–Kier alpha value is -1.20. The van der Waals surface area contributed by atoms with Crippen LogP contribution in [0.25, 0.3) is 0 Å². The standard InChI is InChI=1S/C18H28O5/c1-4-5-14-10-15(21-3)6-12(2)7-16-8-13(19)9-17(22-16)11-18(20)23-14/h7,14-17H,4-6,8-11H2,1-3H3/b12-7-/t14-,15-,16+,17+/m0/s1. The lowest BCUT2D eigenvalue weighted by Gasteiger charge is -2.30. The Bertz CT molecular complexity index is 456. The SMILES string of the molecule is CCC[C@H]1C[C@@H](OC)C/C(C)=C\[C@@H]2CC(=O)C[C@H](CC(=O)O1)O2. The lowest BCUT2D eigenvalue weighted by atomic mass is 9.96. The second-order valence-electron chi connectivity index (χ2n) is 6.66. The molecule has 130 valence electrons. The van der Waals surface area contributed by atoms with Crippen LogP contribution in [0.1, 0.15) is 58.8 Å². The zero-order chi connectivity index (χ0) is 16.8. The molecule has 0 aromatic carbocycles. The van der Waals surface area contributed by atoms with Gasteiger partial charge in [-0.25, -0.2) is 0 Å². The summed E-state index contributed by atoms with van der Waals surface area (Å²) in [5.41, 5.74) is 1.15. The molecule has 0 aliphatic carbocycles. The fourth-order valence-electron chi connectivity index (χ4n) is 3.39. The van der Waals surface area contributed by atoms with Crippen molar-refractivity contribution in [1.82, 2.24) is 0 Å². The number of carbonyl (C=O) groups is 2. The molecule has 5 heteroatoms. The van der Waals surface area contributed by atoms with Gasteiger partial charge in [-0.1, -0.05) is 25.0 Å². The van der Waals surface area contributed by atoms with Gasteiger partial charge in [0.1, 0.15) is 11.9 Å². The first kappa shape index (κ1) is 18.1. The van der Waals surface area contributed by atoms with Gasteiger partial charge in [-0.2, -0.15) is 0 Å². The summed E-state index contributed by atoms with van der Waals surface area (Å²) in [6.45, 7) is 4.11. The van der Waals surface area contributed by atoms with Gasteiger partial charge in [0.05, 0.1) is 24.7 Å². The minimum absolute atomic E-state index is 0.00474. The molecule has 0 saturated carbocycles. The molecule has 0 aromatic heterocycles. The summed E-state index contributed by atoms with van der Waals surface area (Å²) in [5.74, 6) is -0.133. The van der Waals surface area contributed by atoms with Crippen LogP contribution in [0.2, 0.25) is 0 Å². The summed E-state index contributed by atoms with van der Waals surface area (Å²) in [6.07, 6.45) is 5.34. The summed E-state index contributed by atoms with van der Waals surface area (Å²) in [5, 5.41) is 0. The van der Waals surface area contributed by atoms with Crippen LogP contribution in [0.3, 0.4) is 0 Å². The second kappa shape index (κ2) is 8.60. The van der Waals surface area contributed by atoms with Crippen molar-refractivity contribution in [3.05, 3.63) is 11.6 Å². The molecule has 5 nitrogen and oxygen atoms in total. The fraction of sp³-hybridized carbons (Fsp3) is 0.778. The number of ether oxygens (including phenoxy) is 3. The van der Waals surface area contributed by atoms with Crippen LogP contribution in [0.15, 0.2) is 11.6 Å². The van der Waals surface area contributed by atoms with Gasteiger partial charge < -0.3 is 14.2 Å². The third kappa shape index (κ3) is 5.74. The predicted octanol–water partition coefficient (Wildman–Crippen LogP) is 2.96. The van der Waals surface area contributed by atoms with Gasteiger partial charge in [0.25, 0.3) is 0 Å². The quantitative estimate of drug-likeness (QED) is 0.590. The number of hydrogen-bond donors (Lipinski definition) is 0. The molecule has 0 unspecified atom stereocenters. The van der Waals surface area contributed by atoms with Crippen LogP contribution in [0, 0.1) is 0 Å². The normalized spacial score (nSPS) is 35.5. The predicted molar refractivity (Wildman–Crippen MR) is 86.1 cm³/mol. The third-order valence-electron chi connectivity index (χ3n) is 4.43. The van der Waals surface area contributed by atoms with E-state index in [9.17, 15) is 9.59 Å². The van der Waals surface area contributed by atoms with Crippen molar-refractivity contribution in [2.75, 3.05) is 7.11 Å². The van der Waals surface area contributed by atoms with E-state index in [4.69, 9.17) is 14.2 Å². The number of hydrogen-bond acceptors (Lipinski definition) is 5. The van der Waals surface area contributed by atoms with Gasteiger partial charge in [0.2, 0.25) is 0 Å². The maximum atomic E-state index is 12.2. The van der Waals surface area contributed by atoms with Gasteiger partial charge >= 0.3 is 5.97 Å². The third-order valence-corrected chi connectivity index (χ3v) is 4.43. The maximum absolute atomic E-state index is 12.2. The largest absolute Gasteiger partial charge is 0.462 e. The number of esters is 1. The summed E-state index contributed by atoms with van der Waals surface area (Å²) in [6, 6.07) is 0. The molecule has 0 aromatic rings. The van der Waals surface area contributed by atoms with Gasteiger partial charge in [0.15, 0.2) is 0 Å². The van der Waals surface area contributed by atoms with Crippen LogP contribution < -0.4 is 0 Å². The van der Waals surface area contributed by atoms with E-state index in [0.717, 1.165) is 24.8 Å². The molecular formula is C18H28O5. The highest BCUT2D eigenvalue weighted by atomic mass is 16.6. The van der Waals surface area contributed by atoms with E-state index < -0.39 is 0 Å². The molecule has 0 radical (unpaired) electrons. The van der Waals surface area contributed by atoms with Gasteiger partial charge in [-0.3, -0.25) is 9.59 Å². The summed E-state index contributed by atoms with van der Waals surface area (Å²) >= 11 is 0. The molecule has 0 N–H and O–H groups in total. The Morgan fingerprint density at radius 2 is 2.00 bits per heavy atom. The van der Waals surface area contributed by atoms with Crippen LogP contribution in [-0.2, 0) is 23.8 Å². The first-order valence-electron chi connectivity index (χ1n) is 8.56. The zero-order valence-electron chi connectivity index (χ0n) is 14.4. The number of carbonyl (C=O) groups excluding carboxylic acids is 2. The van der Waals surface area contributed by atoms with Crippen LogP contribution in [0.4, 0.5) is 0 Å². The summed E-state index contributed by atoms with van der Waals surface area (Å²) in [4.78, 5) is 24.1. The van der Waals surface area contributed by atoms with Gasteiger partial charge in [0, 0.05) is 26.4 Å². The number of methoxy groups -OCH3 is 1. The molecule has 1 saturated heterocycles. The molecule has 0 spiro atoms. The average molecular weight is 324 g/mol. The van der Waals surface area contributed by atoms with Crippen molar-refractivity contribution in [2.24, 2.45) is 0 Å². The highest BCUT2D eigenvalue weighted by molar-refractivity contribution is 5.81. The van der Waals surface area contributed by atoms with E-state index in [-0.39, 0.29) is 42.6 Å². The lowest BCUT2D eigenvalue weighted by molar-refractivity contribution is -0.157. The van der Waals surface area contributed by atoms with Crippen molar-refractivity contribution in [3.63, 3.8) is 0 Å². The topological polar surface area (TPSA) is 61.8 Å². The Labute approximate surface area is 138 Å². The van der Waals surface area contributed by atoms with Crippen LogP contribution >= 0.6 is 0 Å². The van der Waals surface area contributed by atoms with E-state index in [0.29, 0.717) is 19.3 Å². The molecular weight excluding hydrogens is 296 g/mol. The van der Waals surface area contributed by atoms with Gasteiger partial charge in [-0.05, 0) is 19.8 Å². The molecule has 2 bridgehead atoms. The average Bonchev–Trinajstić information content (AvgIpc) is 2.44. The minimum Gasteiger partial charge on any atom is -0.462 e. The molecule has 2 aliphatic rings. The van der Waals surface area contributed by atoms with E-state index in [1.807, 2.05) is 13.0 Å². The molecule has 0 amide bonds. The molecule has 2 aliphatic heterocycles. The van der Waals surface area contributed by atoms with E-state index in [1.165, 1.54) is 0 Å². The smallest absolute Gasteiger partial charge is 0.308 e. The zero-order valence-corrected chi connectivity index (χ0v) is 14.4. The Balaban J connectivity index is 2.18. The first-order chi connectivity index (χ1) is 11.0. The van der Waals surface area contributed by atoms with Gasteiger partial charge in [-0.15, -0.1) is 0 Å². The van der Waals surface area contributed by atoms with Crippen molar-refractivity contribution < 1.29 is 23.8 Å². The Kier molecular flexibility index (Phi) is 6.78. The maximum Gasteiger partial charge on any atom is 0.308 e. The van der Waals surface area contributed by atoms with E-state index in [1.54, 1.807) is 7.11 Å². The number of cyclic esters (lactones) is 1. The lowest BCUT2D eigenvalue weighted by Crippen LogP contribution is -2.35. The summed E-state index contributed by atoms with van der Waals surface area (Å²) in [7, 11) is 1.69. The number of fused-ring (bicyclic) bond motifs is 2. The highest BCUT2D eigenvalue weighted by Gasteiger charge is 2.31. The monoisotopic (exact) mass is 324 g/mol. The summed E-state index contributed by atoms with van der Waals surface area (Å²) < 4.78 is 17.1. The van der Waals surface area contributed by atoms with Crippen molar-refractivity contribution in [3.8, 4) is 0 Å². The molecule has 2 rings (SSSR count). The second-order valence-corrected chi connectivity index (χ2v) is 6.66. The first-order valence-corrected chi connectivity index (χ1v) is 8.56. The fourth-order valence-corrected chi connectivity index (χ4v) is 3.39. The molecule has 23 heavy (non-hydrogen) atoms. The van der Waals surface area contributed by atoms with Crippen molar-refractivity contribution >= 4 is 11.8 Å². The van der Waals surface area contributed by atoms with Crippen molar-refractivity contribution in [1.29, 1.82) is 0 Å². The minimum atomic E-state index is -0.363.